The number of nitrogens with two attached hydrogens (primary N) is 1. The lowest BCUT2D eigenvalue weighted by molar-refractivity contribution is 0.148. The lowest BCUT2D eigenvalue weighted by atomic mass is 10.3. The normalized spacial score (nSPS) is 9.69. The van der Waals surface area contributed by atoms with Crippen molar-refractivity contribution < 1.29 is 9.13 Å². The molecule has 0 unspecified atom stereocenters. The Morgan fingerprint density at radius 2 is 1.88 bits per heavy atom. The third-order valence-electron chi connectivity index (χ3n) is 2.10. The number of halogens is 2. The number of nitrogens with zero attached hydrogens (tertiary/aromatic N) is 1. The molecule has 0 saturated carbocycles. The number of rotatable bonds is 6. The van der Waals surface area contributed by atoms with Crippen molar-refractivity contribution in [3.63, 3.8) is 0 Å². The van der Waals surface area contributed by atoms with Crippen molar-refractivity contribution in [3.8, 4) is 0 Å². The topological polar surface area (TPSA) is 38.5 Å². The number of ether oxygens (including phenoxy) is 1. The van der Waals surface area contributed by atoms with Crippen LogP contribution in [0, 0.1) is 5.82 Å². The molecule has 0 saturated heterocycles. The molecule has 1 aromatic rings. The van der Waals surface area contributed by atoms with Crippen LogP contribution < -0.4 is 10.6 Å². The van der Waals surface area contributed by atoms with E-state index in [2.05, 4.69) is 0 Å². The Labute approximate surface area is 102 Å². The van der Waals surface area contributed by atoms with Crippen LogP contribution in [-0.4, -0.2) is 33.4 Å². The third-order valence-corrected chi connectivity index (χ3v) is 2.10. The SMILES string of the molecule is CN(CCOCCN)c1ccc(F)cc1.Cl. The van der Waals surface area contributed by atoms with Crippen LogP contribution >= 0.6 is 12.4 Å². The maximum atomic E-state index is 12.6. The van der Waals surface area contributed by atoms with Crippen LogP contribution in [0.4, 0.5) is 10.1 Å². The van der Waals surface area contributed by atoms with Gasteiger partial charge in [-0.25, -0.2) is 4.39 Å². The quantitative estimate of drug-likeness (QED) is 0.779. The van der Waals surface area contributed by atoms with E-state index in [0.717, 1.165) is 12.2 Å². The Bertz CT molecular complexity index is 282. The highest BCUT2D eigenvalue weighted by Gasteiger charge is 2.00. The van der Waals surface area contributed by atoms with Crippen molar-refractivity contribution in [3.05, 3.63) is 30.1 Å². The molecule has 1 rings (SSSR count). The minimum Gasteiger partial charge on any atom is -0.378 e. The molecule has 0 heterocycles. The van der Waals surface area contributed by atoms with Crippen molar-refractivity contribution in [2.24, 2.45) is 5.73 Å². The largest absolute Gasteiger partial charge is 0.378 e. The Hall–Kier alpha value is -0.840. The summed E-state index contributed by atoms with van der Waals surface area (Å²) in [6.07, 6.45) is 0. The molecule has 0 fully saturated rings. The van der Waals surface area contributed by atoms with Crippen LogP contribution in [0.3, 0.4) is 0 Å². The van der Waals surface area contributed by atoms with Gasteiger partial charge in [0.05, 0.1) is 13.2 Å². The maximum Gasteiger partial charge on any atom is 0.123 e. The predicted molar refractivity (Wildman–Crippen MR) is 66.8 cm³/mol. The van der Waals surface area contributed by atoms with Gasteiger partial charge in [0.15, 0.2) is 0 Å². The van der Waals surface area contributed by atoms with Crippen LogP contribution in [0.1, 0.15) is 0 Å². The second-order valence-corrected chi connectivity index (χ2v) is 3.30. The molecule has 0 amide bonds. The molecule has 0 radical (unpaired) electrons. The van der Waals surface area contributed by atoms with Crippen LogP contribution in [0.5, 0.6) is 0 Å². The summed E-state index contributed by atoms with van der Waals surface area (Å²) in [4.78, 5) is 2.01. The van der Waals surface area contributed by atoms with Crippen molar-refractivity contribution in [1.29, 1.82) is 0 Å². The molecular weight excluding hydrogens is 231 g/mol. The lowest BCUT2D eigenvalue weighted by Crippen LogP contribution is -2.23. The highest BCUT2D eigenvalue weighted by molar-refractivity contribution is 5.85. The molecule has 1 aromatic carbocycles. The summed E-state index contributed by atoms with van der Waals surface area (Å²) in [5, 5.41) is 0. The first kappa shape index (κ1) is 15.2. The molecule has 0 bridgehead atoms. The van der Waals surface area contributed by atoms with Crippen molar-refractivity contribution in [1.82, 2.24) is 0 Å². The molecule has 0 aromatic heterocycles. The molecule has 0 aliphatic rings. The Kier molecular flexibility index (Phi) is 7.89. The van der Waals surface area contributed by atoms with E-state index < -0.39 is 0 Å². The van der Waals surface area contributed by atoms with E-state index in [1.165, 1.54) is 12.1 Å². The predicted octanol–water partition coefficient (Wildman–Crippen LogP) is 1.66. The van der Waals surface area contributed by atoms with E-state index >= 15 is 0 Å². The van der Waals surface area contributed by atoms with Gasteiger partial charge in [-0.3, -0.25) is 0 Å². The first-order valence-electron chi connectivity index (χ1n) is 4.98. The fourth-order valence-corrected chi connectivity index (χ4v) is 1.21. The molecule has 92 valence electrons. The summed E-state index contributed by atoms with van der Waals surface area (Å²) in [5.74, 6) is -0.216. The van der Waals surface area contributed by atoms with Gasteiger partial charge in [0, 0.05) is 25.8 Å². The lowest BCUT2D eigenvalue weighted by Gasteiger charge is -2.18. The van der Waals surface area contributed by atoms with Gasteiger partial charge in [-0.2, -0.15) is 0 Å². The molecule has 2 N–H and O–H groups in total. The fraction of sp³-hybridized carbons (Fsp3) is 0.455. The molecule has 0 aliphatic heterocycles. The number of hydrogen-bond donors (Lipinski definition) is 1. The van der Waals surface area contributed by atoms with Crippen LogP contribution in [-0.2, 0) is 4.74 Å². The van der Waals surface area contributed by atoms with Crippen LogP contribution in [0.25, 0.3) is 0 Å². The van der Waals surface area contributed by atoms with E-state index in [1.54, 1.807) is 12.1 Å². The second kappa shape index (κ2) is 8.33. The summed E-state index contributed by atoms with van der Waals surface area (Å²) in [6.45, 7) is 2.52. The summed E-state index contributed by atoms with van der Waals surface area (Å²) >= 11 is 0. The number of anilines is 1. The van der Waals surface area contributed by atoms with Crippen molar-refractivity contribution in [2.75, 3.05) is 38.3 Å². The Morgan fingerprint density at radius 3 is 2.44 bits per heavy atom. The van der Waals surface area contributed by atoms with E-state index in [4.69, 9.17) is 10.5 Å². The molecule has 0 atom stereocenters. The molecule has 5 heteroatoms. The van der Waals surface area contributed by atoms with Crippen molar-refractivity contribution in [2.45, 2.75) is 0 Å². The number of benzene rings is 1. The highest BCUT2D eigenvalue weighted by Crippen LogP contribution is 2.12. The summed E-state index contributed by atoms with van der Waals surface area (Å²) in [6, 6.07) is 6.40. The smallest absolute Gasteiger partial charge is 0.123 e. The average Bonchev–Trinajstić information content (AvgIpc) is 2.25. The first-order valence-corrected chi connectivity index (χ1v) is 4.98. The summed E-state index contributed by atoms with van der Waals surface area (Å²) in [7, 11) is 1.94. The molecule has 0 spiro atoms. The monoisotopic (exact) mass is 248 g/mol. The first-order chi connectivity index (χ1) is 7.24. The van der Waals surface area contributed by atoms with E-state index in [1.807, 2.05) is 11.9 Å². The zero-order valence-corrected chi connectivity index (χ0v) is 10.2. The van der Waals surface area contributed by atoms with Gasteiger partial charge < -0.3 is 15.4 Å². The van der Waals surface area contributed by atoms with Gasteiger partial charge in [-0.1, -0.05) is 0 Å². The van der Waals surface area contributed by atoms with Gasteiger partial charge in [0.1, 0.15) is 5.82 Å². The zero-order chi connectivity index (χ0) is 11.1. The Balaban J connectivity index is 0.00000225. The highest BCUT2D eigenvalue weighted by atomic mass is 35.5. The maximum absolute atomic E-state index is 12.6. The van der Waals surface area contributed by atoms with Gasteiger partial charge >= 0.3 is 0 Å². The number of hydrogen-bond acceptors (Lipinski definition) is 3. The van der Waals surface area contributed by atoms with E-state index in [9.17, 15) is 4.39 Å². The van der Waals surface area contributed by atoms with Gasteiger partial charge in [0.2, 0.25) is 0 Å². The molecule has 3 nitrogen and oxygen atoms in total. The minimum absolute atomic E-state index is 0. The van der Waals surface area contributed by atoms with Gasteiger partial charge in [0.25, 0.3) is 0 Å². The second-order valence-electron chi connectivity index (χ2n) is 3.30. The van der Waals surface area contributed by atoms with E-state index in [0.29, 0.717) is 19.8 Å². The summed E-state index contributed by atoms with van der Waals surface area (Å²) < 4.78 is 17.9. The molecular formula is C11H18ClFN2O. The third kappa shape index (κ3) is 5.30. The number of likely N-dealkylation sites (N-methyl/N-ethyl adjacent to an activating group) is 1. The van der Waals surface area contributed by atoms with Gasteiger partial charge in [-0.15, -0.1) is 12.4 Å². The zero-order valence-electron chi connectivity index (χ0n) is 9.36. The Morgan fingerprint density at radius 1 is 1.25 bits per heavy atom. The standard InChI is InChI=1S/C11H17FN2O.ClH/c1-14(7-9-15-8-6-13)11-4-2-10(12)3-5-11;/h2-5H,6-9,13H2,1H3;1H. The minimum atomic E-state index is -0.216. The van der Waals surface area contributed by atoms with Gasteiger partial charge in [-0.05, 0) is 24.3 Å². The van der Waals surface area contributed by atoms with Crippen LogP contribution in [0.15, 0.2) is 24.3 Å². The van der Waals surface area contributed by atoms with Crippen molar-refractivity contribution >= 4 is 18.1 Å². The fourth-order valence-electron chi connectivity index (χ4n) is 1.21. The average molecular weight is 249 g/mol. The summed E-state index contributed by atoms with van der Waals surface area (Å²) in [5.41, 5.74) is 6.27. The molecule has 0 aliphatic carbocycles. The molecule has 16 heavy (non-hydrogen) atoms. The van der Waals surface area contributed by atoms with Crippen LogP contribution in [0.2, 0.25) is 0 Å². The van der Waals surface area contributed by atoms with E-state index in [-0.39, 0.29) is 18.2 Å².